The third-order valence-corrected chi connectivity index (χ3v) is 5.18. The van der Waals surface area contributed by atoms with Crippen LogP contribution >= 0.6 is 0 Å². The normalized spacial score (nSPS) is 12.9. The van der Waals surface area contributed by atoms with Gasteiger partial charge in [0.15, 0.2) is 0 Å². The Bertz CT molecular complexity index is 1090. The number of benzene rings is 3. The van der Waals surface area contributed by atoms with Crippen LogP contribution in [0.4, 0.5) is 11.4 Å². The molecular weight excluding hydrogens is 364 g/mol. The standard InChI is InChI=1S/C28H26N2/c1-3-22-8-12-25(13-9-22)29-27-16-18-28(19-17-27)30-26-14-10-24(11-15-26)20-23-6-4-21(2)5-7-23/h4-19H,3,20H2,1-2H3. The molecule has 0 unspecified atom stereocenters. The largest absolute Gasteiger partial charge is 0.249 e. The summed E-state index contributed by atoms with van der Waals surface area (Å²) in [5.41, 5.74) is 9.04. The highest BCUT2D eigenvalue weighted by Crippen LogP contribution is 2.19. The van der Waals surface area contributed by atoms with E-state index in [1.165, 1.54) is 22.3 Å². The van der Waals surface area contributed by atoms with Crippen molar-refractivity contribution in [2.24, 2.45) is 9.98 Å². The van der Waals surface area contributed by atoms with Crippen molar-refractivity contribution in [2.45, 2.75) is 26.7 Å². The molecule has 4 rings (SSSR count). The number of hydrogen-bond donors (Lipinski definition) is 0. The van der Waals surface area contributed by atoms with Gasteiger partial charge in [0.05, 0.1) is 22.8 Å². The van der Waals surface area contributed by atoms with Crippen LogP contribution in [-0.4, -0.2) is 11.4 Å². The number of allylic oxidation sites excluding steroid dienone is 4. The van der Waals surface area contributed by atoms with Crippen molar-refractivity contribution >= 4 is 22.8 Å². The van der Waals surface area contributed by atoms with Crippen LogP contribution in [0.3, 0.4) is 0 Å². The topological polar surface area (TPSA) is 24.7 Å². The van der Waals surface area contributed by atoms with Gasteiger partial charge in [-0.15, -0.1) is 0 Å². The summed E-state index contributed by atoms with van der Waals surface area (Å²) >= 11 is 0. The summed E-state index contributed by atoms with van der Waals surface area (Å²) in [5, 5.41) is 0. The first-order valence-electron chi connectivity index (χ1n) is 10.4. The molecule has 0 amide bonds. The van der Waals surface area contributed by atoms with Crippen LogP contribution in [0.25, 0.3) is 0 Å². The molecule has 1 aliphatic carbocycles. The molecule has 0 aromatic heterocycles. The Balaban J connectivity index is 1.40. The Kier molecular flexibility index (Phi) is 6.14. The lowest BCUT2D eigenvalue weighted by Gasteiger charge is -2.05. The highest BCUT2D eigenvalue weighted by Gasteiger charge is 2.02. The molecule has 0 radical (unpaired) electrons. The molecule has 0 saturated heterocycles. The van der Waals surface area contributed by atoms with E-state index in [9.17, 15) is 0 Å². The second-order valence-corrected chi connectivity index (χ2v) is 7.59. The van der Waals surface area contributed by atoms with Crippen LogP contribution in [0.2, 0.25) is 0 Å². The summed E-state index contributed by atoms with van der Waals surface area (Å²) in [4.78, 5) is 9.41. The third kappa shape index (κ3) is 5.30. The predicted molar refractivity (Wildman–Crippen MR) is 129 cm³/mol. The number of hydrogen-bond acceptors (Lipinski definition) is 2. The average Bonchev–Trinajstić information content (AvgIpc) is 2.78. The zero-order valence-electron chi connectivity index (χ0n) is 17.5. The quantitative estimate of drug-likeness (QED) is 0.414. The molecule has 1 aliphatic rings. The molecule has 0 saturated carbocycles. The Morgan fingerprint density at radius 3 is 1.37 bits per heavy atom. The minimum Gasteiger partial charge on any atom is -0.249 e. The second kappa shape index (κ2) is 9.32. The zero-order valence-corrected chi connectivity index (χ0v) is 17.5. The van der Waals surface area contributed by atoms with E-state index in [1.807, 2.05) is 24.3 Å². The van der Waals surface area contributed by atoms with Crippen LogP contribution in [0.1, 0.15) is 29.2 Å². The molecular formula is C28H26N2. The lowest BCUT2D eigenvalue weighted by Crippen LogP contribution is -1.99. The van der Waals surface area contributed by atoms with Crippen LogP contribution in [-0.2, 0) is 12.8 Å². The maximum Gasteiger partial charge on any atom is 0.0638 e. The van der Waals surface area contributed by atoms with E-state index in [4.69, 9.17) is 4.99 Å². The summed E-state index contributed by atoms with van der Waals surface area (Å²) in [5.74, 6) is 0. The fourth-order valence-corrected chi connectivity index (χ4v) is 3.34. The fourth-order valence-electron chi connectivity index (χ4n) is 3.34. The highest BCUT2D eigenvalue weighted by molar-refractivity contribution is 6.19. The van der Waals surface area contributed by atoms with Crippen LogP contribution in [0.15, 0.2) is 107 Å². The lowest BCUT2D eigenvalue weighted by molar-refractivity contribution is 1.14. The minimum atomic E-state index is 0.932. The van der Waals surface area contributed by atoms with Crippen LogP contribution in [0, 0.1) is 6.92 Å². The van der Waals surface area contributed by atoms with Crippen LogP contribution < -0.4 is 0 Å². The van der Waals surface area contributed by atoms with Crippen molar-refractivity contribution in [3.8, 4) is 0 Å². The second-order valence-electron chi connectivity index (χ2n) is 7.59. The fraction of sp³-hybridized carbons (Fsp3) is 0.143. The zero-order chi connectivity index (χ0) is 20.8. The number of aliphatic imine (C=N–C) groups is 2. The summed E-state index contributed by atoms with van der Waals surface area (Å²) in [6.45, 7) is 4.27. The van der Waals surface area contributed by atoms with E-state index >= 15 is 0 Å². The molecule has 3 aromatic carbocycles. The van der Waals surface area contributed by atoms with Gasteiger partial charge in [0.2, 0.25) is 0 Å². The predicted octanol–water partition coefficient (Wildman–Crippen LogP) is 7.12. The third-order valence-electron chi connectivity index (χ3n) is 5.18. The van der Waals surface area contributed by atoms with Gasteiger partial charge in [-0.2, -0.15) is 0 Å². The van der Waals surface area contributed by atoms with Crippen molar-refractivity contribution in [3.05, 3.63) is 119 Å². The highest BCUT2D eigenvalue weighted by atomic mass is 14.8. The number of nitrogens with zero attached hydrogens (tertiary/aromatic N) is 2. The summed E-state index contributed by atoms with van der Waals surface area (Å²) in [7, 11) is 0. The monoisotopic (exact) mass is 390 g/mol. The Labute approximate surface area is 179 Å². The first-order valence-corrected chi connectivity index (χ1v) is 10.4. The Morgan fingerprint density at radius 2 is 0.933 bits per heavy atom. The Hall–Kier alpha value is -3.52. The van der Waals surface area contributed by atoms with Crippen LogP contribution in [0.5, 0.6) is 0 Å². The van der Waals surface area contributed by atoms with E-state index in [2.05, 4.69) is 91.6 Å². The molecule has 2 nitrogen and oxygen atoms in total. The van der Waals surface area contributed by atoms with E-state index in [0.717, 1.165) is 35.6 Å². The van der Waals surface area contributed by atoms with Gasteiger partial charge < -0.3 is 0 Å². The van der Waals surface area contributed by atoms with E-state index in [-0.39, 0.29) is 0 Å². The molecule has 0 atom stereocenters. The summed E-state index contributed by atoms with van der Waals surface area (Å²) < 4.78 is 0. The molecule has 148 valence electrons. The van der Waals surface area contributed by atoms with Gasteiger partial charge in [-0.1, -0.05) is 61.0 Å². The van der Waals surface area contributed by atoms with Crippen molar-refractivity contribution < 1.29 is 0 Å². The molecule has 30 heavy (non-hydrogen) atoms. The smallest absolute Gasteiger partial charge is 0.0638 e. The van der Waals surface area contributed by atoms with Gasteiger partial charge in [-0.3, -0.25) is 0 Å². The first-order chi connectivity index (χ1) is 14.7. The van der Waals surface area contributed by atoms with Gasteiger partial charge in [-0.05, 0) is 85.0 Å². The van der Waals surface area contributed by atoms with Gasteiger partial charge in [0.1, 0.15) is 0 Å². The van der Waals surface area contributed by atoms with Crippen molar-refractivity contribution in [1.29, 1.82) is 0 Å². The molecule has 0 fully saturated rings. The molecule has 0 aliphatic heterocycles. The number of aryl methyl sites for hydroxylation is 2. The average molecular weight is 391 g/mol. The van der Waals surface area contributed by atoms with E-state index in [1.54, 1.807) is 0 Å². The Morgan fingerprint density at radius 1 is 0.533 bits per heavy atom. The molecule has 0 bridgehead atoms. The van der Waals surface area contributed by atoms with Crippen molar-refractivity contribution in [1.82, 2.24) is 0 Å². The lowest BCUT2D eigenvalue weighted by atomic mass is 10.0. The van der Waals surface area contributed by atoms with Gasteiger partial charge in [0, 0.05) is 0 Å². The molecule has 0 N–H and O–H groups in total. The number of rotatable bonds is 5. The first kappa shape index (κ1) is 19.8. The molecule has 0 spiro atoms. The van der Waals surface area contributed by atoms with E-state index in [0.29, 0.717) is 0 Å². The van der Waals surface area contributed by atoms with E-state index < -0.39 is 0 Å². The SMILES string of the molecule is CCc1ccc(N=C2C=CC(=Nc3ccc(Cc4ccc(C)cc4)cc3)C=C2)cc1. The van der Waals surface area contributed by atoms with Gasteiger partial charge in [-0.25, -0.2) is 9.98 Å². The summed E-state index contributed by atoms with van der Waals surface area (Å²) in [6, 6.07) is 25.6. The van der Waals surface area contributed by atoms with Crippen molar-refractivity contribution in [2.75, 3.05) is 0 Å². The van der Waals surface area contributed by atoms with Crippen molar-refractivity contribution in [3.63, 3.8) is 0 Å². The summed E-state index contributed by atoms with van der Waals surface area (Å²) in [6.07, 6.45) is 10.0. The molecule has 0 heterocycles. The maximum absolute atomic E-state index is 4.73. The molecule has 3 aromatic rings. The molecule has 2 heteroatoms. The van der Waals surface area contributed by atoms with Gasteiger partial charge in [0.25, 0.3) is 0 Å². The minimum absolute atomic E-state index is 0.932. The maximum atomic E-state index is 4.73. The van der Waals surface area contributed by atoms with Gasteiger partial charge >= 0.3 is 0 Å².